The SMILES string of the molecule is COC(=O)C1=C(C(=O)OC)SC(=C(Cl)c2nc3ccccc3s2)S1. The highest BCUT2D eigenvalue weighted by Crippen LogP contribution is 2.54. The number of nitrogens with zero attached hydrogens (tertiary/aromatic N) is 1. The smallest absolute Gasteiger partial charge is 0.346 e. The zero-order chi connectivity index (χ0) is 17.3. The Morgan fingerprint density at radius 1 is 1.04 bits per heavy atom. The van der Waals surface area contributed by atoms with Crippen molar-refractivity contribution < 1.29 is 19.1 Å². The number of ether oxygens (including phenoxy) is 2. The Balaban J connectivity index is 1.99. The third kappa shape index (κ3) is 3.19. The van der Waals surface area contributed by atoms with Crippen LogP contribution in [0.4, 0.5) is 0 Å². The molecule has 3 rings (SSSR count). The Morgan fingerprint density at radius 2 is 1.62 bits per heavy atom. The maximum atomic E-state index is 11.9. The summed E-state index contributed by atoms with van der Waals surface area (Å²) in [5.74, 6) is -1.20. The van der Waals surface area contributed by atoms with E-state index in [0.717, 1.165) is 33.7 Å². The molecule has 5 nitrogen and oxygen atoms in total. The Labute approximate surface area is 155 Å². The van der Waals surface area contributed by atoms with Gasteiger partial charge in [-0.05, 0) is 12.1 Å². The van der Waals surface area contributed by atoms with Gasteiger partial charge in [-0.2, -0.15) is 0 Å². The van der Waals surface area contributed by atoms with E-state index < -0.39 is 11.9 Å². The fraction of sp³-hybridized carbons (Fsp3) is 0.133. The van der Waals surface area contributed by atoms with Crippen molar-refractivity contribution in [2.45, 2.75) is 0 Å². The van der Waals surface area contributed by atoms with E-state index in [9.17, 15) is 9.59 Å². The van der Waals surface area contributed by atoms with Crippen molar-refractivity contribution in [2.24, 2.45) is 0 Å². The molecule has 0 radical (unpaired) electrons. The highest BCUT2D eigenvalue weighted by Gasteiger charge is 2.34. The molecule has 0 atom stereocenters. The lowest BCUT2D eigenvalue weighted by atomic mass is 10.3. The summed E-state index contributed by atoms with van der Waals surface area (Å²) in [5, 5.41) is 1.02. The molecule has 1 aliphatic heterocycles. The van der Waals surface area contributed by atoms with Gasteiger partial charge < -0.3 is 9.47 Å². The lowest BCUT2D eigenvalue weighted by Gasteiger charge is -2.00. The number of aromatic nitrogens is 1. The number of hydrogen-bond acceptors (Lipinski definition) is 8. The second-order valence-corrected chi connectivity index (χ2v) is 8.14. The predicted molar refractivity (Wildman–Crippen MR) is 98.6 cm³/mol. The van der Waals surface area contributed by atoms with E-state index in [1.54, 1.807) is 0 Å². The standard InChI is InChI=1S/C15H10ClNO4S3/c1-20-13(18)10-11(14(19)21-2)24-15(23-10)9(16)12-17-7-5-3-4-6-8(7)22-12/h3-6H,1-2H3. The molecule has 0 aliphatic carbocycles. The first-order valence-electron chi connectivity index (χ1n) is 6.57. The van der Waals surface area contributed by atoms with Crippen molar-refractivity contribution in [3.8, 4) is 0 Å². The Bertz CT molecular complexity index is 840. The quantitative estimate of drug-likeness (QED) is 0.716. The van der Waals surface area contributed by atoms with Crippen LogP contribution in [-0.2, 0) is 19.1 Å². The second kappa shape index (κ2) is 7.18. The summed E-state index contributed by atoms with van der Waals surface area (Å²) in [5.41, 5.74) is 0.846. The molecule has 0 saturated carbocycles. The van der Waals surface area contributed by atoms with E-state index >= 15 is 0 Å². The molecule has 2 aromatic rings. The van der Waals surface area contributed by atoms with Crippen molar-refractivity contribution in [1.29, 1.82) is 0 Å². The molecule has 0 unspecified atom stereocenters. The molecular weight excluding hydrogens is 390 g/mol. The molecule has 2 heterocycles. The fourth-order valence-electron chi connectivity index (χ4n) is 1.90. The number of benzene rings is 1. The number of hydrogen-bond donors (Lipinski definition) is 0. The average molecular weight is 400 g/mol. The number of rotatable bonds is 3. The normalized spacial score (nSPS) is 14.2. The van der Waals surface area contributed by atoms with E-state index in [2.05, 4.69) is 4.98 Å². The van der Waals surface area contributed by atoms with Crippen LogP contribution in [-0.4, -0.2) is 31.1 Å². The Hall–Kier alpha value is -1.48. The molecule has 1 aliphatic rings. The fourth-order valence-corrected chi connectivity index (χ4v) is 5.67. The van der Waals surface area contributed by atoms with Crippen molar-refractivity contribution in [1.82, 2.24) is 4.98 Å². The van der Waals surface area contributed by atoms with E-state index in [1.807, 2.05) is 24.3 Å². The number of halogens is 1. The molecule has 124 valence electrons. The van der Waals surface area contributed by atoms with E-state index in [1.165, 1.54) is 25.6 Å². The number of carbonyl (C=O) groups is 2. The minimum atomic E-state index is -0.600. The third-order valence-corrected chi connectivity index (χ3v) is 7.31. The van der Waals surface area contributed by atoms with Gasteiger partial charge >= 0.3 is 11.9 Å². The van der Waals surface area contributed by atoms with Gasteiger partial charge in [0.1, 0.15) is 14.8 Å². The molecule has 24 heavy (non-hydrogen) atoms. The van der Waals surface area contributed by atoms with Gasteiger partial charge in [0, 0.05) is 0 Å². The van der Waals surface area contributed by atoms with Crippen molar-refractivity contribution in [3.05, 3.63) is 43.3 Å². The first-order chi connectivity index (χ1) is 11.5. The lowest BCUT2D eigenvalue weighted by Crippen LogP contribution is -2.08. The van der Waals surface area contributed by atoms with Crippen LogP contribution in [0.5, 0.6) is 0 Å². The van der Waals surface area contributed by atoms with Crippen LogP contribution in [0.2, 0.25) is 0 Å². The summed E-state index contributed by atoms with van der Waals surface area (Å²) in [4.78, 5) is 28.6. The van der Waals surface area contributed by atoms with Crippen molar-refractivity contribution in [3.63, 3.8) is 0 Å². The van der Waals surface area contributed by atoms with Gasteiger partial charge in [0.15, 0.2) is 0 Å². The molecule has 0 bridgehead atoms. The maximum absolute atomic E-state index is 11.9. The zero-order valence-electron chi connectivity index (χ0n) is 12.5. The summed E-state index contributed by atoms with van der Waals surface area (Å²) in [6.45, 7) is 0. The molecule has 0 fully saturated rings. The van der Waals surface area contributed by atoms with Gasteiger partial charge in [0.2, 0.25) is 0 Å². The summed E-state index contributed by atoms with van der Waals surface area (Å²) >= 11 is 10.1. The number of methoxy groups -OCH3 is 2. The highest BCUT2D eigenvalue weighted by atomic mass is 35.5. The number of fused-ring (bicyclic) bond motifs is 1. The first kappa shape index (κ1) is 17.3. The number of thiazole rings is 1. The molecular formula is C15H10ClNO4S3. The average Bonchev–Trinajstić information content (AvgIpc) is 3.23. The van der Waals surface area contributed by atoms with Gasteiger partial charge in [-0.25, -0.2) is 14.6 Å². The molecule has 0 N–H and O–H groups in total. The molecule has 0 amide bonds. The summed E-state index contributed by atoms with van der Waals surface area (Å²) in [6.07, 6.45) is 0. The Kier molecular flexibility index (Phi) is 5.19. The van der Waals surface area contributed by atoms with Crippen LogP contribution >= 0.6 is 46.5 Å². The Morgan fingerprint density at radius 3 is 2.17 bits per heavy atom. The van der Waals surface area contributed by atoms with Crippen LogP contribution in [0.25, 0.3) is 15.2 Å². The molecule has 1 aromatic heterocycles. The second-order valence-electron chi connectivity index (χ2n) is 4.43. The minimum absolute atomic E-state index is 0.170. The molecule has 0 saturated heterocycles. The monoisotopic (exact) mass is 399 g/mol. The van der Waals surface area contributed by atoms with Crippen molar-refractivity contribution in [2.75, 3.05) is 14.2 Å². The van der Waals surface area contributed by atoms with E-state index in [-0.39, 0.29) is 9.81 Å². The summed E-state index contributed by atoms with van der Waals surface area (Å²) in [6, 6.07) is 7.68. The molecule has 9 heteroatoms. The van der Waals surface area contributed by atoms with E-state index in [4.69, 9.17) is 21.1 Å². The summed E-state index contributed by atoms with van der Waals surface area (Å²) in [7, 11) is 2.51. The van der Waals surface area contributed by atoms with Crippen LogP contribution in [0.3, 0.4) is 0 Å². The van der Waals surface area contributed by atoms with Crippen LogP contribution < -0.4 is 0 Å². The van der Waals surface area contributed by atoms with Crippen LogP contribution in [0.1, 0.15) is 5.01 Å². The van der Waals surface area contributed by atoms with Gasteiger partial charge in [-0.3, -0.25) is 0 Å². The lowest BCUT2D eigenvalue weighted by molar-refractivity contribution is -0.138. The minimum Gasteiger partial charge on any atom is -0.465 e. The number of para-hydroxylation sites is 1. The molecule has 0 spiro atoms. The zero-order valence-corrected chi connectivity index (χ0v) is 15.7. The topological polar surface area (TPSA) is 65.5 Å². The van der Waals surface area contributed by atoms with Gasteiger partial charge in [-0.1, -0.05) is 47.3 Å². The first-order valence-corrected chi connectivity index (χ1v) is 9.40. The number of esters is 2. The van der Waals surface area contributed by atoms with Gasteiger partial charge in [-0.15, -0.1) is 11.3 Å². The van der Waals surface area contributed by atoms with Crippen LogP contribution in [0, 0.1) is 0 Å². The highest BCUT2D eigenvalue weighted by molar-refractivity contribution is 8.29. The van der Waals surface area contributed by atoms with E-state index in [0.29, 0.717) is 14.3 Å². The maximum Gasteiger partial charge on any atom is 0.346 e. The van der Waals surface area contributed by atoms with Crippen molar-refractivity contribution >= 4 is 73.6 Å². The number of carbonyl (C=O) groups excluding carboxylic acids is 2. The third-order valence-electron chi connectivity index (χ3n) is 3.00. The molecule has 1 aromatic carbocycles. The van der Waals surface area contributed by atoms with Gasteiger partial charge in [0.05, 0.1) is 33.7 Å². The van der Waals surface area contributed by atoms with Crippen LogP contribution in [0.15, 0.2) is 38.3 Å². The summed E-state index contributed by atoms with van der Waals surface area (Å²) < 4.78 is 11.0. The van der Waals surface area contributed by atoms with Gasteiger partial charge in [0.25, 0.3) is 0 Å². The largest absolute Gasteiger partial charge is 0.465 e. The number of thioether (sulfide) groups is 2. The predicted octanol–water partition coefficient (Wildman–Crippen LogP) is 4.20.